The van der Waals surface area contributed by atoms with Crippen LogP contribution >= 0.6 is 12.2 Å². The third-order valence-corrected chi connectivity index (χ3v) is 4.04. The Morgan fingerprint density at radius 3 is 2.57 bits per heavy atom. The molecule has 6 nitrogen and oxygen atoms in total. The SMILES string of the molecule is COc1cc[c-]cc1NC(=S)Nc1cccc2nc(C)n(CC(F)(F)F)c12.[CH3-].[O]=[Os]. The van der Waals surface area contributed by atoms with E-state index in [0.717, 1.165) is 4.57 Å². The van der Waals surface area contributed by atoms with Crippen LogP contribution in [0.15, 0.2) is 36.4 Å². The maximum absolute atomic E-state index is 13.0. The molecule has 3 aromatic rings. The Balaban J connectivity index is 0.00000146. The first kappa shape index (κ1) is 25.7. The van der Waals surface area contributed by atoms with Gasteiger partial charge in [-0.1, -0.05) is 6.07 Å². The number of alkyl halides is 3. The fourth-order valence-electron chi connectivity index (χ4n) is 2.74. The van der Waals surface area contributed by atoms with Gasteiger partial charge in [-0.3, -0.25) is 0 Å². The summed E-state index contributed by atoms with van der Waals surface area (Å²) in [5.74, 6) is 0.837. The Morgan fingerprint density at radius 2 is 1.93 bits per heavy atom. The Kier molecular flexibility index (Phi) is 9.53. The first-order chi connectivity index (χ1) is 13.8. The van der Waals surface area contributed by atoms with Crippen LogP contribution < -0.4 is 15.4 Å². The van der Waals surface area contributed by atoms with E-state index >= 15 is 0 Å². The Bertz CT molecular complexity index is 1010. The molecule has 0 aliphatic rings. The molecule has 164 valence electrons. The fourth-order valence-corrected chi connectivity index (χ4v) is 2.96. The maximum atomic E-state index is 13.0. The molecule has 30 heavy (non-hydrogen) atoms. The molecule has 0 saturated heterocycles. The van der Waals surface area contributed by atoms with Crippen LogP contribution in [-0.2, 0) is 28.6 Å². The molecule has 2 N–H and O–H groups in total. The zero-order chi connectivity index (χ0) is 21.6. The van der Waals surface area contributed by atoms with Crippen LogP contribution in [0.3, 0.4) is 0 Å². The summed E-state index contributed by atoms with van der Waals surface area (Å²) in [6.45, 7) is 0.409. The fraction of sp³-hybridized carbons (Fsp3) is 0.211. The van der Waals surface area contributed by atoms with Crippen LogP contribution in [0.2, 0.25) is 0 Å². The number of rotatable bonds is 4. The third kappa shape index (κ3) is 6.31. The molecule has 0 saturated carbocycles. The molecule has 0 radical (unpaired) electrons. The molecule has 0 atom stereocenters. The second-order valence-electron chi connectivity index (χ2n) is 5.74. The predicted molar refractivity (Wildman–Crippen MR) is 109 cm³/mol. The van der Waals surface area contributed by atoms with Gasteiger partial charge in [0.25, 0.3) is 0 Å². The van der Waals surface area contributed by atoms with Crippen molar-refractivity contribution in [2.75, 3.05) is 17.7 Å². The molecule has 0 aliphatic carbocycles. The molecule has 0 spiro atoms. The normalized spacial score (nSPS) is 10.5. The number of fused-ring (bicyclic) bond motifs is 1. The number of nitrogens with one attached hydrogen (secondary N) is 2. The van der Waals surface area contributed by atoms with Gasteiger partial charge in [0.1, 0.15) is 12.4 Å². The van der Waals surface area contributed by atoms with Crippen molar-refractivity contribution in [2.45, 2.75) is 19.6 Å². The van der Waals surface area contributed by atoms with E-state index in [1.807, 2.05) is 0 Å². The Hall–Kier alpha value is -2.37. The Morgan fingerprint density at radius 1 is 1.27 bits per heavy atom. The molecule has 0 fully saturated rings. The number of imidazole rings is 1. The molecule has 11 heteroatoms. The number of hydrogen-bond acceptors (Lipinski definition) is 4. The molecule has 0 amide bonds. The van der Waals surface area contributed by atoms with Gasteiger partial charge in [-0.15, -0.1) is 6.07 Å². The summed E-state index contributed by atoms with van der Waals surface area (Å²) < 4.78 is 53.5. The third-order valence-electron chi connectivity index (χ3n) is 3.84. The predicted octanol–water partition coefficient (Wildman–Crippen LogP) is 4.85. The molecule has 3 rings (SSSR count). The zero-order valence-corrected chi connectivity index (χ0v) is 19.6. The van der Waals surface area contributed by atoms with Crippen LogP contribution in [0, 0.1) is 20.4 Å². The van der Waals surface area contributed by atoms with Crippen LogP contribution in [0.25, 0.3) is 11.0 Å². The Labute approximate surface area is 188 Å². The van der Waals surface area contributed by atoms with Crippen LogP contribution in [-0.4, -0.2) is 27.9 Å². The van der Waals surface area contributed by atoms with Crippen molar-refractivity contribution in [1.29, 1.82) is 0 Å². The van der Waals surface area contributed by atoms with E-state index in [2.05, 4.69) is 21.7 Å². The first-order valence-electron chi connectivity index (χ1n) is 8.07. The number of ether oxygens (including phenoxy) is 1. The minimum atomic E-state index is -4.36. The number of benzene rings is 2. The standard InChI is InChI=1S/C18H16F3N4OS.CH3.O.Os/c1-11-22-13-7-5-8-14(16(13)25(11)10-18(19,20)21)24-17(27)23-12-6-3-4-9-15(12)26-2;;;/h4-9H,10H2,1-2H3,(H2,23,24,27);1H3;;/q2*-1;;. The summed E-state index contributed by atoms with van der Waals surface area (Å²) in [4.78, 5) is 4.21. The van der Waals surface area contributed by atoms with Crippen molar-refractivity contribution in [1.82, 2.24) is 9.55 Å². The minimum absolute atomic E-state index is 0. The van der Waals surface area contributed by atoms with Gasteiger partial charge in [-0.2, -0.15) is 31.4 Å². The van der Waals surface area contributed by atoms with Crippen LogP contribution in [0.1, 0.15) is 5.82 Å². The van der Waals surface area contributed by atoms with E-state index in [1.54, 1.807) is 36.4 Å². The van der Waals surface area contributed by atoms with Gasteiger partial charge in [-0.05, 0) is 37.0 Å². The number of halogens is 3. The van der Waals surface area contributed by atoms with Crippen molar-refractivity contribution in [3.63, 3.8) is 0 Å². The molecular formula is C19H19F3N4O2OsS-2. The van der Waals surface area contributed by atoms with Crippen molar-refractivity contribution in [3.05, 3.63) is 55.7 Å². The zero-order valence-electron chi connectivity index (χ0n) is 16.3. The molecule has 1 heterocycles. The van der Waals surface area contributed by atoms with Crippen molar-refractivity contribution >= 4 is 39.7 Å². The summed E-state index contributed by atoms with van der Waals surface area (Å²) >= 11 is 5.92. The van der Waals surface area contributed by atoms with Gasteiger partial charge in [-0.25, -0.2) is 4.98 Å². The van der Waals surface area contributed by atoms with Gasteiger partial charge in [0.05, 0.1) is 23.8 Å². The van der Waals surface area contributed by atoms with Crippen molar-refractivity contribution in [3.8, 4) is 5.75 Å². The molecule has 1 aromatic heterocycles. The van der Waals surface area contributed by atoms with Crippen LogP contribution in [0.4, 0.5) is 24.5 Å². The molecule has 0 bridgehead atoms. The van der Waals surface area contributed by atoms with Gasteiger partial charge >= 0.3 is 28.3 Å². The number of aryl methyl sites for hydroxylation is 1. The van der Waals surface area contributed by atoms with Crippen molar-refractivity contribution < 1.29 is 40.0 Å². The van der Waals surface area contributed by atoms with E-state index in [1.165, 1.54) is 14.0 Å². The molecule has 0 unspecified atom stereocenters. The summed E-state index contributed by atoms with van der Waals surface area (Å²) in [5, 5.41) is 6.11. The number of anilines is 2. The number of hydrogen-bond donors (Lipinski definition) is 2. The average Bonchev–Trinajstić information content (AvgIpc) is 2.98. The molecule has 2 aromatic carbocycles. The van der Waals surface area contributed by atoms with Crippen molar-refractivity contribution in [2.24, 2.45) is 0 Å². The number of para-hydroxylation sites is 1. The number of thiocarbonyl (C=S) groups is 1. The summed E-state index contributed by atoms with van der Waals surface area (Å²) in [5.41, 5.74) is 1.80. The second kappa shape index (κ2) is 11.1. The van der Waals surface area contributed by atoms with E-state index in [4.69, 9.17) is 20.5 Å². The molecular weight excluding hydrogens is 596 g/mol. The first-order valence-corrected chi connectivity index (χ1v) is 9.52. The quantitative estimate of drug-likeness (QED) is 0.324. The van der Waals surface area contributed by atoms with Gasteiger partial charge in [0, 0.05) is 5.75 Å². The number of nitrogens with zero attached hydrogens (tertiary/aromatic N) is 2. The molecule has 0 aliphatic heterocycles. The monoisotopic (exact) mass is 616 g/mol. The van der Waals surface area contributed by atoms with Gasteiger partial charge < -0.3 is 27.4 Å². The summed E-state index contributed by atoms with van der Waals surface area (Å²) in [6.07, 6.45) is -4.36. The summed E-state index contributed by atoms with van der Waals surface area (Å²) in [7, 11) is 1.52. The topological polar surface area (TPSA) is 68.2 Å². The van der Waals surface area contributed by atoms with E-state index in [-0.39, 0.29) is 18.4 Å². The second-order valence-corrected chi connectivity index (χ2v) is 6.15. The number of methoxy groups -OCH3 is 1. The van der Waals surface area contributed by atoms with E-state index in [9.17, 15) is 13.2 Å². The van der Waals surface area contributed by atoms with Gasteiger partial charge in [0.2, 0.25) is 0 Å². The van der Waals surface area contributed by atoms with Gasteiger partial charge in [0.15, 0.2) is 5.11 Å². The van der Waals surface area contributed by atoms with E-state index < -0.39 is 12.7 Å². The number of aromatic nitrogens is 2. The average molecular weight is 615 g/mol. The van der Waals surface area contributed by atoms with E-state index in [0.29, 0.717) is 46.7 Å². The summed E-state index contributed by atoms with van der Waals surface area (Å²) in [6, 6.07) is 13.0. The van der Waals surface area contributed by atoms with Crippen LogP contribution in [0.5, 0.6) is 5.75 Å².